The first-order valence-electron chi connectivity index (χ1n) is 6.20. The van der Waals surface area contributed by atoms with Gasteiger partial charge in [-0.3, -0.25) is 0 Å². The zero-order valence-corrected chi connectivity index (χ0v) is 10.0. The van der Waals surface area contributed by atoms with Crippen molar-refractivity contribution in [3.63, 3.8) is 0 Å². The summed E-state index contributed by atoms with van der Waals surface area (Å²) in [5, 5.41) is 0. The Morgan fingerprint density at radius 2 is 2.19 bits per heavy atom. The molecule has 0 bridgehead atoms. The summed E-state index contributed by atoms with van der Waals surface area (Å²) in [5.41, 5.74) is 6.93. The molecule has 88 valence electrons. The van der Waals surface area contributed by atoms with Gasteiger partial charge in [0.1, 0.15) is 5.82 Å². The van der Waals surface area contributed by atoms with Gasteiger partial charge in [0.05, 0.1) is 0 Å². The fourth-order valence-electron chi connectivity index (χ4n) is 2.29. The minimum Gasteiger partial charge on any atom is -0.356 e. The number of piperidine rings is 1. The van der Waals surface area contributed by atoms with Crippen molar-refractivity contribution in [3.05, 3.63) is 23.9 Å². The number of nitrogens with zero attached hydrogens (tertiary/aromatic N) is 2. The summed E-state index contributed by atoms with van der Waals surface area (Å²) in [5.74, 6) is 2.01. The zero-order chi connectivity index (χ0) is 11.4. The van der Waals surface area contributed by atoms with E-state index in [0.29, 0.717) is 6.54 Å². The van der Waals surface area contributed by atoms with E-state index in [1.807, 2.05) is 12.3 Å². The molecule has 0 aromatic carbocycles. The maximum Gasteiger partial charge on any atom is 0.131 e. The van der Waals surface area contributed by atoms with Crippen LogP contribution in [0.3, 0.4) is 0 Å². The molecule has 0 radical (unpaired) electrons. The van der Waals surface area contributed by atoms with Crippen molar-refractivity contribution in [2.24, 2.45) is 11.7 Å². The number of hydrogen-bond donors (Lipinski definition) is 1. The number of nitrogens with two attached hydrogens (primary N) is 1. The van der Waals surface area contributed by atoms with E-state index in [0.717, 1.165) is 31.2 Å². The molecule has 0 atom stereocenters. The molecular formula is C13H21N3. The fourth-order valence-corrected chi connectivity index (χ4v) is 2.29. The van der Waals surface area contributed by atoms with E-state index in [9.17, 15) is 0 Å². The molecule has 0 spiro atoms. The van der Waals surface area contributed by atoms with E-state index in [1.165, 1.54) is 18.4 Å². The molecule has 16 heavy (non-hydrogen) atoms. The minimum absolute atomic E-state index is 0.697. The van der Waals surface area contributed by atoms with E-state index < -0.39 is 0 Å². The van der Waals surface area contributed by atoms with Gasteiger partial charge in [-0.25, -0.2) is 4.98 Å². The SMILES string of the molecule is CC1CCN(c2ncccc2CCN)CC1. The average molecular weight is 219 g/mol. The molecule has 0 saturated carbocycles. The molecular weight excluding hydrogens is 198 g/mol. The fraction of sp³-hybridized carbons (Fsp3) is 0.615. The third-order valence-corrected chi connectivity index (χ3v) is 3.36. The van der Waals surface area contributed by atoms with Gasteiger partial charge in [-0.2, -0.15) is 0 Å². The van der Waals surface area contributed by atoms with E-state index >= 15 is 0 Å². The van der Waals surface area contributed by atoms with Crippen LogP contribution >= 0.6 is 0 Å². The lowest BCUT2D eigenvalue weighted by atomic mass is 9.99. The topological polar surface area (TPSA) is 42.2 Å². The Morgan fingerprint density at radius 3 is 2.88 bits per heavy atom. The maximum absolute atomic E-state index is 5.63. The molecule has 1 saturated heterocycles. The molecule has 1 fully saturated rings. The molecule has 1 aromatic rings. The molecule has 0 aliphatic carbocycles. The van der Waals surface area contributed by atoms with Crippen molar-refractivity contribution in [2.45, 2.75) is 26.2 Å². The van der Waals surface area contributed by atoms with Crippen LogP contribution in [0.4, 0.5) is 5.82 Å². The molecule has 0 unspecified atom stereocenters. The van der Waals surface area contributed by atoms with Crippen LogP contribution in [0.5, 0.6) is 0 Å². The summed E-state index contributed by atoms with van der Waals surface area (Å²) in [4.78, 5) is 6.92. The van der Waals surface area contributed by atoms with Gasteiger partial charge in [-0.05, 0) is 43.4 Å². The van der Waals surface area contributed by atoms with Crippen molar-refractivity contribution >= 4 is 5.82 Å². The highest BCUT2D eigenvalue weighted by molar-refractivity contribution is 5.47. The van der Waals surface area contributed by atoms with Crippen LogP contribution in [0.25, 0.3) is 0 Å². The Hall–Kier alpha value is -1.09. The van der Waals surface area contributed by atoms with Gasteiger partial charge in [-0.15, -0.1) is 0 Å². The predicted octanol–water partition coefficient (Wildman–Crippen LogP) is 1.82. The Kier molecular flexibility index (Phi) is 3.78. The predicted molar refractivity (Wildman–Crippen MR) is 67.6 cm³/mol. The Balaban J connectivity index is 2.13. The molecule has 1 aromatic heterocycles. The summed E-state index contributed by atoms with van der Waals surface area (Å²) in [6, 6.07) is 4.15. The lowest BCUT2D eigenvalue weighted by molar-refractivity contribution is 0.436. The van der Waals surface area contributed by atoms with Gasteiger partial charge in [0.15, 0.2) is 0 Å². The second-order valence-electron chi connectivity index (χ2n) is 4.69. The molecule has 2 N–H and O–H groups in total. The van der Waals surface area contributed by atoms with E-state index in [-0.39, 0.29) is 0 Å². The number of hydrogen-bond acceptors (Lipinski definition) is 3. The summed E-state index contributed by atoms with van der Waals surface area (Å²) in [6.45, 7) is 5.30. The molecule has 1 aliphatic heterocycles. The summed E-state index contributed by atoms with van der Waals surface area (Å²) < 4.78 is 0. The summed E-state index contributed by atoms with van der Waals surface area (Å²) in [7, 11) is 0. The van der Waals surface area contributed by atoms with Gasteiger partial charge in [0, 0.05) is 19.3 Å². The Bertz CT molecular complexity index is 330. The second-order valence-corrected chi connectivity index (χ2v) is 4.69. The van der Waals surface area contributed by atoms with Crippen molar-refractivity contribution < 1.29 is 0 Å². The first kappa shape index (κ1) is 11.4. The third-order valence-electron chi connectivity index (χ3n) is 3.36. The van der Waals surface area contributed by atoms with Gasteiger partial charge in [0.2, 0.25) is 0 Å². The number of rotatable bonds is 3. The highest BCUT2D eigenvalue weighted by atomic mass is 15.2. The first-order chi connectivity index (χ1) is 7.81. The van der Waals surface area contributed by atoms with Crippen molar-refractivity contribution in [2.75, 3.05) is 24.5 Å². The highest BCUT2D eigenvalue weighted by Gasteiger charge is 2.18. The standard InChI is InChI=1S/C13H21N3/c1-11-5-9-16(10-6-11)13-12(4-7-14)3-2-8-15-13/h2-3,8,11H,4-7,9-10,14H2,1H3. The van der Waals surface area contributed by atoms with Gasteiger partial charge < -0.3 is 10.6 Å². The van der Waals surface area contributed by atoms with Crippen LogP contribution in [-0.4, -0.2) is 24.6 Å². The molecule has 3 nitrogen and oxygen atoms in total. The van der Waals surface area contributed by atoms with Crippen LogP contribution in [0.15, 0.2) is 18.3 Å². The van der Waals surface area contributed by atoms with Gasteiger partial charge >= 0.3 is 0 Å². The number of pyridine rings is 1. The lowest BCUT2D eigenvalue weighted by Gasteiger charge is -2.32. The Morgan fingerprint density at radius 1 is 1.44 bits per heavy atom. The van der Waals surface area contributed by atoms with Crippen LogP contribution < -0.4 is 10.6 Å². The second kappa shape index (κ2) is 5.30. The van der Waals surface area contributed by atoms with E-state index in [4.69, 9.17) is 5.73 Å². The summed E-state index contributed by atoms with van der Waals surface area (Å²) >= 11 is 0. The minimum atomic E-state index is 0.697. The molecule has 1 aliphatic rings. The van der Waals surface area contributed by atoms with Gasteiger partial charge in [0.25, 0.3) is 0 Å². The normalized spacial score (nSPS) is 17.8. The van der Waals surface area contributed by atoms with Crippen molar-refractivity contribution in [1.82, 2.24) is 4.98 Å². The maximum atomic E-state index is 5.63. The smallest absolute Gasteiger partial charge is 0.131 e. The molecule has 0 amide bonds. The van der Waals surface area contributed by atoms with Crippen LogP contribution in [0.1, 0.15) is 25.3 Å². The quantitative estimate of drug-likeness (QED) is 0.843. The monoisotopic (exact) mass is 219 g/mol. The molecule has 2 rings (SSSR count). The van der Waals surface area contributed by atoms with Crippen LogP contribution in [-0.2, 0) is 6.42 Å². The number of anilines is 1. The van der Waals surface area contributed by atoms with Crippen molar-refractivity contribution in [3.8, 4) is 0 Å². The zero-order valence-electron chi connectivity index (χ0n) is 10.0. The molecule has 2 heterocycles. The summed E-state index contributed by atoms with van der Waals surface area (Å²) in [6.07, 6.45) is 5.36. The lowest BCUT2D eigenvalue weighted by Crippen LogP contribution is -2.34. The Labute approximate surface area is 97.7 Å². The highest BCUT2D eigenvalue weighted by Crippen LogP contribution is 2.24. The first-order valence-corrected chi connectivity index (χ1v) is 6.20. The molecule has 3 heteroatoms. The largest absolute Gasteiger partial charge is 0.356 e. The average Bonchev–Trinajstić information content (AvgIpc) is 2.32. The van der Waals surface area contributed by atoms with Gasteiger partial charge in [-0.1, -0.05) is 13.0 Å². The van der Waals surface area contributed by atoms with E-state index in [1.54, 1.807) is 0 Å². The third kappa shape index (κ3) is 2.53. The van der Waals surface area contributed by atoms with E-state index in [2.05, 4.69) is 22.9 Å². The van der Waals surface area contributed by atoms with Crippen molar-refractivity contribution in [1.29, 1.82) is 0 Å². The van der Waals surface area contributed by atoms with Crippen LogP contribution in [0, 0.1) is 5.92 Å². The number of aromatic nitrogens is 1. The van der Waals surface area contributed by atoms with Crippen LogP contribution in [0.2, 0.25) is 0 Å².